The van der Waals surface area contributed by atoms with Gasteiger partial charge in [0, 0.05) is 18.3 Å². The normalized spacial score (nSPS) is 10.5. The topological polar surface area (TPSA) is 51.5 Å². The molecular formula is C16H19NO3. The molecule has 1 aromatic carbocycles. The molecule has 0 unspecified atom stereocenters. The fraction of sp³-hybridized carbons (Fsp3) is 0.312. The number of hydrogen-bond acceptors (Lipinski definition) is 3. The Morgan fingerprint density at radius 1 is 1.25 bits per heavy atom. The molecule has 4 nitrogen and oxygen atoms in total. The number of benzene rings is 1. The number of aliphatic hydroxyl groups is 1. The summed E-state index contributed by atoms with van der Waals surface area (Å²) >= 11 is 0. The van der Waals surface area contributed by atoms with Gasteiger partial charge in [0.25, 0.3) is 0 Å². The Kier molecular flexibility index (Phi) is 4.96. The molecule has 20 heavy (non-hydrogen) atoms. The average molecular weight is 273 g/mol. The molecule has 2 rings (SSSR count). The maximum atomic E-state index is 11.9. The number of pyridine rings is 1. The summed E-state index contributed by atoms with van der Waals surface area (Å²) in [5.74, 6) is 0.319. The van der Waals surface area contributed by atoms with E-state index >= 15 is 0 Å². The predicted octanol–water partition coefficient (Wildman–Crippen LogP) is 2.33. The van der Waals surface area contributed by atoms with E-state index in [-0.39, 0.29) is 12.0 Å². The zero-order valence-corrected chi connectivity index (χ0v) is 11.6. The number of nitrogens with zero attached hydrogens (tertiary/aromatic N) is 1. The lowest BCUT2D eigenvalue weighted by Gasteiger charge is -2.13. The largest absolute Gasteiger partial charge is 0.483 e. The van der Waals surface area contributed by atoms with E-state index in [1.54, 1.807) is 6.20 Å². The molecule has 0 aliphatic heterocycles. The van der Waals surface area contributed by atoms with Crippen LogP contribution < -0.4 is 10.2 Å². The van der Waals surface area contributed by atoms with Crippen LogP contribution in [-0.2, 0) is 19.8 Å². The second kappa shape index (κ2) is 6.91. The summed E-state index contributed by atoms with van der Waals surface area (Å²) in [6.07, 6.45) is 2.61. The Morgan fingerprint density at radius 3 is 2.65 bits per heavy atom. The van der Waals surface area contributed by atoms with E-state index in [4.69, 9.17) is 4.74 Å². The van der Waals surface area contributed by atoms with Gasteiger partial charge in [0.05, 0.1) is 12.8 Å². The van der Waals surface area contributed by atoms with Crippen LogP contribution >= 0.6 is 0 Å². The highest BCUT2D eigenvalue weighted by Crippen LogP contribution is 2.10. The fourth-order valence-electron chi connectivity index (χ4n) is 2.02. The quantitative estimate of drug-likeness (QED) is 0.879. The van der Waals surface area contributed by atoms with Gasteiger partial charge < -0.3 is 14.4 Å². The number of aryl methyl sites for hydroxylation is 1. The second-order valence-corrected chi connectivity index (χ2v) is 4.62. The molecule has 0 bridgehead atoms. The lowest BCUT2D eigenvalue weighted by Crippen LogP contribution is -2.15. The van der Waals surface area contributed by atoms with E-state index < -0.39 is 0 Å². The molecular weight excluding hydrogens is 254 g/mol. The van der Waals surface area contributed by atoms with E-state index in [0.717, 1.165) is 18.5 Å². The summed E-state index contributed by atoms with van der Waals surface area (Å²) in [7, 11) is 0. The van der Waals surface area contributed by atoms with Crippen LogP contribution in [-0.4, -0.2) is 9.67 Å². The van der Waals surface area contributed by atoms with E-state index in [1.807, 2.05) is 41.8 Å². The van der Waals surface area contributed by atoms with Gasteiger partial charge in [-0.1, -0.05) is 37.3 Å². The summed E-state index contributed by atoms with van der Waals surface area (Å²) in [4.78, 5) is 11.9. The van der Waals surface area contributed by atoms with Crippen molar-refractivity contribution in [2.24, 2.45) is 0 Å². The first kappa shape index (κ1) is 14.3. The summed E-state index contributed by atoms with van der Waals surface area (Å²) in [6.45, 7) is 3.01. The van der Waals surface area contributed by atoms with Crippen LogP contribution in [0.3, 0.4) is 0 Å². The number of hydrogen-bond donors (Lipinski definition) is 1. The SMILES string of the molecule is CCCn1cc(OCc2ccccc2)c(=O)cc1CO. The van der Waals surface area contributed by atoms with Crippen molar-refractivity contribution in [3.63, 3.8) is 0 Å². The first-order valence-corrected chi connectivity index (χ1v) is 6.75. The van der Waals surface area contributed by atoms with Crippen molar-refractivity contribution in [3.05, 3.63) is 64.1 Å². The third kappa shape index (κ3) is 3.48. The molecule has 0 spiro atoms. The Balaban J connectivity index is 2.19. The predicted molar refractivity (Wildman–Crippen MR) is 77.7 cm³/mol. The van der Waals surface area contributed by atoms with Crippen LogP contribution in [0.5, 0.6) is 5.75 Å². The third-order valence-corrected chi connectivity index (χ3v) is 3.05. The lowest BCUT2D eigenvalue weighted by molar-refractivity contribution is 0.265. The van der Waals surface area contributed by atoms with E-state index in [0.29, 0.717) is 18.1 Å². The molecule has 0 amide bonds. The summed E-state index contributed by atoms with van der Waals surface area (Å²) in [5, 5.41) is 9.27. The highest BCUT2D eigenvalue weighted by Gasteiger charge is 2.07. The Hall–Kier alpha value is -2.07. The number of aromatic nitrogens is 1. The van der Waals surface area contributed by atoms with Gasteiger partial charge in [-0.05, 0) is 12.0 Å². The summed E-state index contributed by atoms with van der Waals surface area (Å²) in [6, 6.07) is 11.1. The molecule has 4 heteroatoms. The van der Waals surface area contributed by atoms with Gasteiger partial charge in [0.2, 0.25) is 5.43 Å². The molecule has 106 valence electrons. The van der Waals surface area contributed by atoms with Gasteiger partial charge in [-0.15, -0.1) is 0 Å². The van der Waals surface area contributed by atoms with Crippen LogP contribution in [0.4, 0.5) is 0 Å². The van der Waals surface area contributed by atoms with Gasteiger partial charge in [-0.3, -0.25) is 4.79 Å². The fourth-order valence-corrected chi connectivity index (χ4v) is 2.02. The van der Waals surface area contributed by atoms with Gasteiger partial charge >= 0.3 is 0 Å². The maximum absolute atomic E-state index is 11.9. The van der Waals surface area contributed by atoms with Crippen molar-refractivity contribution in [2.75, 3.05) is 0 Å². The van der Waals surface area contributed by atoms with Crippen LogP contribution in [0, 0.1) is 0 Å². The van der Waals surface area contributed by atoms with Crippen molar-refractivity contribution < 1.29 is 9.84 Å². The smallest absolute Gasteiger partial charge is 0.223 e. The van der Waals surface area contributed by atoms with Gasteiger partial charge in [0.15, 0.2) is 5.75 Å². The van der Waals surface area contributed by atoms with Crippen molar-refractivity contribution in [1.29, 1.82) is 0 Å². The highest BCUT2D eigenvalue weighted by atomic mass is 16.5. The van der Waals surface area contributed by atoms with Crippen molar-refractivity contribution in [2.45, 2.75) is 33.1 Å². The molecule has 2 aromatic rings. The van der Waals surface area contributed by atoms with Crippen LogP contribution in [0.1, 0.15) is 24.6 Å². The first-order chi connectivity index (χ1) is 9.74. The first-order valence-electron chi connectivity index (χ1n) is 6.75. The van der Waals surface area contributed by atoms with Crippen molar-refractivity contribution in [1.82, 2.24) is 4.57 Å². The Morgan fingerprint density at radius 2 is 2.00 bits per heavy atom. The van der Waals surface area contributed by atoms with Gasteiger partial charge in [-0.25, -0.2) is 0 Å². The standard InChI is InChI=1S/C16H19NO3/c1-2-8-17-10-16(15(19)9-14(17)11-18)20-12-13-6-4-3-5-7-13/h3-7,9-10,18H,2,8,11-12H2,1H3. The van der Waals surface area contributed by atoms with E-state index in [2.05, 4.69) is 0 Å². The van der Waals surface area contributed by atoms with Crippen LogP contribution in [0.25, 0.3) is 0 Å². The highest BCUT2D eigenvalue weighted by molar-refractivity contribution is 5.23. The molecule has 0 atom stereocenters. The summed E-state index contributed by atoms with van der Waals surface area (Å²) in [5.41, 5.74) is 1.43. The average Bonchev–Trinajstić information content (AvgIpc) is 2.48. The van der Waals surface area contributed by atoms with Crippen molar-refractivity contribution >= 4 is 0 Å². The van der Waals surface area contributed by atoms with E-state index in [1.165, 1.54) is 6.07 Å². The molecule has 0 radical (unpaired) electrons. The molecule has 0 aliphatic carbocycles. The molecule has 1 N–H and O–H groups in total. The van der Waals surface area contributed by atoms with Crippen LogP contribution in [0.2, 0.25) is 0 Å². The number of ether oxygens (including phenoxy) is 1. The van der Waals surface area contributed by atoms with Crippen molar-refractivity contribution in [3.8, 4) is 5.75 Å². The van der Waals surface area contributed by atoms with Crippen LogP contribution in [0.15, 0.2) is 47.4 Å². The zero-order chi connectivity index (χ0) is 14.4. The number of rotatable bonds is 6. The number of aliphatic hydroxyl groups excluding tert-OH is 1. The monoisotopic (exact) mass is 273 g/mol. The molecule has 0 saturated heterocycles. The second-order valence-electron chi connectivity index (χ2n) is 4.62. The van der Waals surface area contributed by atoms with Gasteiger partial charge in [-0.2, -0.15) is 0 Å². The molecule has 1 heterocycles. The minimum Gasteiger partial charge on any atom is -0.483 e. The molecule has 0 fully saturated rings. The maximum Gasteiger partial charge on any atom is 0.223 e. The zero-order valence-electron chi connectivity index (χ0n) is 11.6. The minimum absolute atomic E-state index is 0.145. The molecule has 0 saturated carbocycles. The lowest BCUT2D eigenvalue weighted by atomic mass is 10.2. The summed E-state index contributed by atoms with van der Waals surface area (Å²) < 4.78 is 7.46. The third-order valence-electron chi connectivity index (χ3n) is 3.05. The van der Waals surface area contributed by atoms with Gasteiger partial charge in [0.1, 0.15) is 6.61 Å². The Labute approximate surface area is 118 Å². The molecule has 1 aromatic heterocycles. The van der Waals surface area contributed by atoms with E-state index in [9.17, 15) is 9.90 Å². The minimum atomic E-state index is -0.197. The Bertz CT molecular complexity index is 605. The molecule has 0 aliphatic rings.